The lowest BCUT2D eigenvalue weighted by atomic mass is 10.1. The third-order valence-electron chi connectivity index (χ3n) is 3.93. The van der Waals surface area contributed by atoms with E-state index in [0.29, 0.717) is 34.8 Å². The van der Waals surface area contributed by atoms with E-state index >= 15 is 0 Å². The van der Waals surface area contributed by atoms with Crippen molar-refractivity contribution in [2.75, 3.05) is 5.32 Å². The summed E-state index contributed by atoms with van der Waals surface area (Å²) in [4.78, 5) is 16.0. The fourth-order valence-corrected chi connectivity index (χ4v) is 2.68. The lowest BCUT2D eigenvalue weighted by Crippen LogP contribution is -2.11. The molecular formula is C18H15N7O. The van der Waals surface area contributed by atoms with Crippen molar-refractivity contribution in [1.82, 2.24) is 25.0 Å². The SMILES string of the molecule is NC(=O)c1cccc2c1cnn2-c1nncc(NCc2ccccc2)n1. The summed E-state index contributed by atoms with van der Waals surface area (Å²) in [6.07, 6.45) is 3.12. The van der Waals surface area contributed by atoms with E-state index in [1.165, 1.54) is 4.68 Å². The van der Waals surface area contributed by atoms with Gasteiger partial charge in [0.05, 0.1) is 23.5 Å². The lowest BCUT2D eigenvalue weighted by Gasteiger charge is -2.07. The van der Waals surface area contributed by atoms with Crippen LogP contribution in [0.3, 0.4) is 0 Å². The summed E-state index contributed by atoms with van der Waals surface area (Å²) in [7, 11) is 0. The molecule has 2 heterocycles. The average molecular weight is 345 g/mol. The minimum Gasteiger partial charge on any atom is -0.366 e. The maximum atomic E-state index is 11.6. The third kappa shape index (κ3) is 2.95. The van der Waals surface area contributed by atoms with Crippen LogP contribution in [0.15, 0.2) is 60.9 Å². The molecule has 0 saturated carbocycles. The van der Waals surface area contributed by atoms with E-state index in [1.807, 2.05) is 36.4 Å². The molecule has 2 aromatic heterocycles. The van der Waals surface area contributed by atoms with E-state index in [4.69, 9.17) is 5.73 Å². The molecule has 0 aliphatic heterocycles. The largest absolute Gasteiger partial charge is 0.366 e. The van der Waals surface area contributed by atoms with Crippen LogP contribution >= 0.6 is 0 Å². The smallest absolute Gasteiger partial charge is 0.272 e. The number of primary amides is 1. The van der Waals surface area contributed by atoms with E-state index in [2.05, 4.69) is 25.6 Å². The van der Waals surface area contributed by atoms with E-state index in [9.17, 15) is 4.79 Å². The molecule has 1 amide bonds. The van der Waals surface area contributed by atoms with Crippen LogP contribution in [0.4, 0.5) is 5.82 Å². The minimum atomic E-state index is -0.507. The van der Waals surface area contributed by atoms with Gasteiger partial charge in [-0.1, -0.05) is 36.4 Å². The third-order valence-corrected chi connectivity index (χ3v) is 3.93. The Balaban J connectivity index is 1.65. The molecule has 0 radical (unpaired) electrons. The van der Waals surface area contributed by atoms with Crippen molar-refractivity contribution in [3.8, 4) is 5.95 Å². The van der Waals surface area contributed by atoms with Crippen LogP contribution in [0.5, 0.6) is 0 Å². The van der Waals surface area contributed by atoms with Gasteiger partial charge in [-0.25, -0.2) is 0 Å². The van der Waals surface area contributed by atoms with Crippen molar-refractivity contribution in [2.24, 2.45) is 5.73 Å². The first-order valence-electron chi connectivity index (χ1n) is 7.97. The number of aromatic nitrogens is 5. The molecule has 128 valence electrons. The zero-order valence-corrected chi connectivity index (χ0v) is 13.7. The predicted molar refractivity (Wildman–Crippen MR) is 96.7 cm³/mol. The van der Waals surface area contributed by atoms with Crippen molar-refractivity contribution >= 4 is 22.6 Å². The molecule has 0 saturated heterocycles. The maximum Gasteiger partial charge on any atom is 0.272 e. The Hall–Kier alpha value is -3.81. The van der Waals surface area contributed by atoms with Crippen molar-refractivity contribution in [3.63, 3.8) is 0 Å². The molecule has 8 nitrogen and oxygen atoms in total. The summed E-state index contributed by atoms with van der Waals surface area (Å²) in [5, 5.41) is 16.2. The highest BCUT2D eigenvalue weighted by atomic mass is 16.1. The number of carbonyl (C=O) groups excluding carboxylic acids is 1. The number of nitrogens with one attached hydrogen (secondary N) is 1. The molecule has 8 heteroatoms. The van der Waals surface area contributed by atoms with Crippen LogP contribution in [0.25, 0.3) is 16.9 Å². The zero-order chi connectivity index (χ0) is 17.9. The zero-order valence-electron chi connectivity index (χ0n) is 13.7. The Morgan fingerprint density at radius 3 is 2.73 bits per heavy atom. The first-order chi connectivity index (χ1) is 12.7. The van der Waals surface area contributed by atoms with Crippen LogP contribution in [0, 0.1) is 0 Å². The Morgan fingerprint density at radius 2 is 1.92 bits per heavy atom. The van der Waals surface area contributed by atoms with E-state index < -0.39 is 5.91 Å². The van der Waals surface area contributed by atoms with Crippen LogP contribution in [-0.4, -0.2) is 30.9 Å². The summed E-state index contributed by atoms with van der Waals surface area (Å²) >= 11 is 0. The molecule has 0 atom stereocenters. The lowest BCUT2D eigenvalue weighted by molar-refractivity contribution is 0.100. The van der Waals surface area contributed by atoms with Crippen LogP contribution in [-0.2, 0) is 6.54 Å². The second-order valence-corrected chi connectivity index (χ2v) is 5.64. The first kappa shape index (κ1) is 15.7. The normalized spacial score (nSPS) is 10.8. The monoisotopic (exact) mass is 345 g/mol. The predicted octanol–water partition coefficient (Wildman–Crippen LogP) is 1.92. The number of nitrogens with zero attached hydrogens (tertiary/aromatic N) is 5. The average Bonchev–Trinajstić information content (AvgIpc) is 3.11. The highest BCUT2D eigenvalue weighted by molar-refractivity contribution is 6.05. The number of nitrogens with two attached hydrogens (primary N) is 1. The van der Waals surface area contributed by atoms with Crippen LogP contribution in [0.2, 0.25) is 0 Å². The van der Waals surface area contributed by atoms with Crippen LogP contribution < -0.4 is 11.1 Å². The van der Waals surface area contributed by atoms with Gasteiger partial charge in [-0.05, 0) is 17.7 Å². The van der Waals surface area contributed by atoms with Crippen molar-refractivity contribution in [1.29, 1.82) is 0 Å². The molecular weight excluding hydrogens is 330 g/mol. The summed E-state index contributed by atoms with van der Waals surface area (Å²) in [5.74, 6) is 0.376. The highest BCUT2D eigenvalue weighted by Gasteiger charge is 2.13. The molecule has 0 aliphatic rings. The molecule has 0 bridgehead atoms. The van der Waals surface area contributed by atoms with Gasteiger partial charge in [0.25, 0.3) is 5.95 Å². The molecule has 3 N–H and O–H groups in total. The van der Waals surface area contributed by atoms with Crippen molar-refractivity contribution in [3.05, 3.63) is 72.1 Å². The molecule has 2 aromatic carbocycles. The van der Waals surface area contributed by atoms with Gasteiger partial charge < -0.3 is 11.1 Å². The number of anilines is 1. The van der Waals surface area contributed by atoms with Gasteiger partial charge in [0, 0.05) is 11.9 Å². The summed E-state index contributed by atoms with van der Waals surface area (Å²) < 4.78 is 1.53. The topological polar surface area (TPSA) is 112 Å². The van der Waals surface area contributed by atoms with E-state index in [0.717, 1.165) is 5.56 Å². The fraction of sp³-hybridized carbons (Fsp3) is 0.0556. The van der Waals surface area contributed by atoms with Gasteiger partial charge in [-0.3, -0.25) is 4.79 Å². The highest BCUT2D eigenvalue weighted by Crippen LogP contribution is 2.20. The Labute approximate surface area is 148 Å². The fourth-order valence-electron chi connectivity index (χ4n) is 2.68. The van der Waals surface area contributed by atoms with Crippen molar-refractivity contribution in [2.45, 2.75) is 6.54 Å². The van der Waals surface area contributed by atoms with Gasteiger partial charge in [-0.2, -0.15) is 19.9 Å². The van der Waals surface area contributed by atoms with Crippen LogP contribution in [0.1, 0.15) is 15.9 Å². The van der Waals surface area contributed by atoms with Gasteiger partial charge in [0.2, 0.25) is 5.91 Å². The Morgan fingerprint density at radius 1 is 1.08 bits per heavy atom. The number of hydrogen-bond acceptors (Lipinski definition) is 6. The number of amides is 1. The summed E-state index contributed by atoms with van der Waals surface area (Å²) in [6, 6.07) is 15.2. The molecule has 4 aromatic rings. The minimum absolute atomic E-state index is 0.305. The molecule has 26 heavy (non-hydrogen) atoms. The second-order valence-electron chi connectivity index (χ2n) is 5.64. The number of fused-ring (bicyclic) bond motifs is 1. The standard InChI is InChI=1S/C18H15N7O/c19-17(26)13-7-4-8-15-14(13)10-22-25(15)18-23-16(11-21-24-18)20-9-12-5-2-1-3-6-12/h1-8,10-11H,9H2,(H2,19,26)(H,20,23,24). The molecule has 0 spiro atoms. The van der Waals surface area contributed by atoms with Gasteiger partial charge >= 0.3 is 0 Å². The Kier molecular flexibility index (Phi) is 3.98. The summed E-state index contributed by atoms with van der Waals surface area (Å²) in [5.41, 5.74) is 7.63. The maximum absolute atomic E-state index is 11.6. The second kappa shape index (κ2) is 6.60. The van der Waals surface area contributed by atoms with Gasteiger partial charge in [-0.15, -0.1) is 5.10 Å². The number of rotatable bonds is 5. The number of carbonyl (C=O) groups is 1. The molecule has 0 aliphatic carbocycles. The summed E-state index contributed by atoms with van der Waals surface area (Å²) in [6.45, 7) is 0.616. The quantitative estimate of drug-likeness (QED) is 0.571. The van der Waals surface area contributed by atoms with Gasteiger partial charge in [0.15, 0.2) is 5.82 Å². The number of benzene rings is 2. The molecule has 0 unspecified atom stereocenters. The molecule has 4 rings (SSSR count). The first-order valence-corrected chi connectivity index (χ1v) is 7.97. The van der Waals surface area contributed by atoms with Crippen molar-refractivity contribution < 1.29 is 4.79 Å². The van der Waals surface area contributed by atoms with Gasteiger partial charge in [0.1, 0.15) is 0 Å². The Bertz CT molecular complexity index is 1080. The molecule has 0 fully saturated rings. The van der Waals surface area contributed by atoms with E-state index in [1.54, 1.807) is 24.5 Å². The van der Waals surface area contributed by atoms with E-state index in [-0.39, 0.29) is 0 Å². The number of hydrogen-bond donors (Lipinski definition) is 2.